The molecule has 6 nitrogen and oxygen atoms in total. The van der Waals surface area contributed by atoms with Crippen LogP contribution >= 0.6 is 15.9 Å². The molecule has 0 atom stereocenters. The molecule has 0 heterocycles. The van der Waals surface area contributed by atoms with Gasteiger partial charge < -0.3 is 5.32 Å². The van der Waals surface area contributed by atoms with Crippen LogP contribution in [0.3, 0.4) is 0 Å². The van der Waals surface area contributed by atoms with Gasteiger partial charge >= 0.3 is 0 Å². The lowest BCUT2D eigenvalue weighted by Gasteiger charge is -2.11. The third kappa shape index (κ3) is 4.26. The van der Waals surface area contributed by atoms with Gasteiger partial charge in [-0.2, -0.15) is 0 Å². The van der Waals surface area contributed by atoms with E-state index < -0.39 is 20.6 Å². The number of hydrogen-bond acceptors (Lipinski definition) is 5. The number of benzene rings is 2. The van der Waals surface area contributed by atoms with Crippen molar-refractivity contribution in [3.8, 4) is 0 Å². The van der Waals surface area contributed by atoms with Gasteiger partial charge in [-0.25, -0.2) is 12.8 Å². The lowest BCUT2D eigenvalue weighted by Crippen LogP contribution is -2.07. The number of halogens is 2. The molecule has 23 heavy (non-hydrogen) atoms. The number of nitro benzene ring substituents is 1. The van der Waals surface area contributed by atoms with E-state index in [2.05, 4.69) is 21.2 Å². The summed E-state index contributed by atoms with van der Waals surface area (Å²) in [5.74, 6) is -0.434. The van der Waals surface area contributed by atoms with Crippen molar-refractivity contribution in [1.29, 1.82) is 0 Å². The average molecular weight is 403 g/mol. The molecule has 0 amide bonds. The number of nitro groups is 1. The molecule has 9 heteroatoms. The molecule has 0 aromatic heterocycles. The summed E-state index contributed by atoms with van der Waals surface area (Å²) in [7, 11) is -3.66. The monoisotopic (exact) mass is 402 g/mol. The molecule has 0 radical (unpaired) electrons. The summed E-state index contributed by atoms with van der Waals surface area (Å²) in [5.41, 5.74) is 0.510. The van der Waals surface area contributed by atoms with Crippen LogP contribution in [0.25, 0.3) is 0 Å². The molecule has 0 saturated carbocycles. The van der Waals surface area contributed by atoms with E-state index in [9.17, 15) is 22.9 Å². The Morgan fingerprint density at radius 1 is 1.26 bits per heavy atom. The van der Waals surface area contributed by atoms with Crippen LogP contribution in [0.5, 0.6) is 0 Å². The van der Waals surface area contributed by atoms with Gasteiger partial charge in [0.1, 0.15) is 5.82 Å². The minimum Gasteiger partial charge on any atom is -0.380 e. The molecule has 0 aliphatic rings. The summed E-state index contributed by atoms with van der Waals surface area (Å²) in [5, 5.41) is 13.6. The van der Waals surface area contributed by atoms with E-state index >= 15 is 0 Å². The second-order valence-corrected chi connectivity index (χ2v) is 7.65. The third-order valence-electron chi connectivity index (χ3n) is 3.04. The van der Waals surface area contributed by atoms with Crippen molar-refractivity contribution >= 4 is 37.1 Å². The highest BCUT2D eigenvalue weighted by atomic mass is 79.9. The first-order chi connectivity index (χ1) is 10.7. The maximum atomic E-state index is 13.5. The van der Waals surface area contributed by atoms with Crippen molar-refractivity contribution < 1.29 is 17.7 Å². The molecule has 2 aromatic rings. The van der Waals surface area contributed by atoms with E-state index in [1.807, 2.05) is 0 Å². The molecular weight excluding hydrogens is 391 g/mol. The van der Waals surface area contributed by atoms with Crippen molar-refractivity contribution in [2.45, 2.75) is 11.4 Å². The first-order valence-electron chi connectivity index (χ1n) is 6.35. The van der Waals surface area contributed by atoms with Gasteiger partial charge in [0.25, 0.3) is 5.69 Å². The molecule has 0 spiro atoms. The summed E-state index contributed by atoms with van der Waals surface area (Å²) < 4.78 is 37.4. The zero-order valence-electron chi connectivity index (χ0n) is 11.9. The SMILES string of the molecule is CS(=O)(=O)c1cc([N+](=O)[O-])ccc1NCc1ccc(Br)c(F)c1. The van der Waals surface area contributed by atoms with Crippen molar-refractivity contribution in [2.75, 3.05) is 11.6 Å². The van der Waals surface area contributed by atoms with Crippen LogP contribution in [0, 0.1) is 15.9 Å². The van der Waals surface area contributed by atoms with Crippen molar-refractivity contribution in [3.05, 3.63) is 62.4 Å². The van der Waals surface area contributed by atoms with Gasteiger partial charge in [-0.15, -0.1) is 0 Å². The number of sulfone groups is 1. The molecular formula is C14H12BrFN2O4S. The fourth-order valence-corrected chi connectivity index (χ4v) is 3.05. The van der Waals surface area contributed by atoms with Crippen LogP contribution in [0.15, 0.2) is 45.8 Å². The Morgan fingerprint density at radius 3 is 2.52 bits per heavy atom. The second-order valence-electron chi connectivity index (χ2n) is 4.81. The number of rotatable bonds is 5. The Morgan fingerprint density at radius 2 is 1.96 bits per heavy atom. The van der Waals surface area contributed by atoms with Crippen LogP contribution in [0.2, 0.25) is 0 Å². The highest BCUT2D eigenvalue weighted by Crippen LogP contribution is 2.27. The average Bonchev–Trinajstić information content (AvgIpc) is 2.47. The van der Waals surface area contributed by atoms with Gasteiger partial charge in [0.05, 0.1) is 20.0 Å². The van der Waals surface area contributed by atoms with E-state index in [4.69, 9.17) is 0 Å². The Balaban J connectivity index is 2.32. The molecule has 0 unspecified atom stereocenters. The molecule has 1 N–H and O–H groups in total. The quantitative estimate of drug-likeness (QED) is 0.610. The zero-order valence-corrected chi connectivity index (χ0v) is 14.3. The molecule has 0 saturated heterocycles. The minimum atomic E-state index is -3.66. The maximum absolute atomic E-state index is 13.5. The fourth-order valence-electron chi connectivity index (χ4n) is 1.92. The summed E-state index contributed by atoms with van der Waals surface area (Å²) >= 11 is 3.05. The Hall–Kier alpha value is -2.00. The highest BCUT2D eigenvalue weighted by molar-refractivity contribution is 9.10. The number of non-ortho nitro benzene ring substituents is 1. The van der Waals surface area contributed by atoms with Crippen LogP contribution in [-0.2, 0) is 16.4 Å². The first-order valence-corrected chi connectivity index (χ1v) is 9.03. The Bertz CT molecular complexity index is 871. The van der Waals surface area contributed by atoms with Crippen LogP contribution in [-0.4, -0.2) is 19.6 Å². The van der Waals surface area contributed by atoms with Crippen molar-refractivity contribution in [1.82, 2.24) is 0 Å². The van der Waals surface area contributed by atoms with E-state index in [-0.39, 0.29) is 22.8 Å². The molecule has 122 valence electrons. The Labute approximate surface area is 140 Å². The number of nitrogens with zero attached hydrogens (tertiary/aromatic N) is 1. The number of anilines is 1. The molecule has 0 bridgehead atoms. The molecule has 2 rings (SSSR count). The van der Waals surface area contributed by atoms with Gasteiger partial charge in [-0.05, 0) is 39.7 Å². The summed E-state index contributed by atoms with van der Waals surface area (Å²) in [6, 6.07) is 8.05. The third-order valence-corrected chi connectivity index (χ3v) is 4.82. The number of nitrogens with one attached hydrogen (secondary N) is 1. The fraction of sp³-hybridized carbons (Fsp3) is 0.143. The van der Waals surface area contributed by atoms with E-state index in [1.54, 1.807) is 12.1 Å². The smallest absolute Gasteiger partial charge is 0.270 e. The summed E-state index contributed by atoms with van der Waals surface area (Å²) in [4.78, 5) is 9.94. The van der Waals surface area contributed by atoms with Gasteiger partial charge in [-0.3, -0.25) is 10.1 Å². The standard InChI is InChI=1S/C14H12BrFN2O4S/c1-23(21,22)14-7-10(18(19)20)3-5-13(14)17-8-9-2-4-11(15)12(16)6-9/h2-7,17H,8H2,1H3. The van der Waals surface area contributed by atoms with Crippen LogP contribution in [0.1, 0.15) is 5.56 Å². The largest absolute Gasteiger partial charge is 0.380 e. The molecule has 0 aliphatic carbocycles. The minimum absolute atomic E-state index is 0.171. The predicted molar refractivity (Wildman–Crippen MR) is 87.6 cm³/mol. The predicted octanol–water partition coefficient (Wildman–Crippen LogP) is 3.51. The normalized spacial score (nSPS) is 11.3. The summed E-state index contributed by atoms with van der Waals surface area (Å²) in [6.07, 6.45) is 0.969. The van der Waals surface area contributed by atoms with E-state index in [0.717, 1.165) is 12.3 Å². The van der Waals surface area contributed by atoms with Gasteiger partial charge in [0, 0.05) is 24.9 Å². The van der Waals surface area contributed by atoms with Gasteiger partial charge in [0.2, 0.25) is 0 Å². The lowest BCUT2D eigenvalue weighted by atomic mass is 10.2. The Kier molecular flexibility index (Phi) is 5.00. The van der Waals surface area contributed by atoms with Crippen LogP contribution < -0.4 is 5.32 Å². The first kappa shape index (κ1) is 17.4. The van der Waals surface area contributed by atoms with Crippen LogP contribution in [0.4, 0.5) is 15.8 Å². The summed E-state index contributed by atoms with van der Waals surface area (Å²) in [6.45, 7) is 0.171. The number of hydrogen-bond donors (Lipinski definition) is 1. The van der Waals surface area contributed by atoms with E-state index in [1.165, 1.54) is 18.2 Å². The highest BCUT2D eigenvalue weighted by Gasteiger charge is 2.18. The molecule has 2 aromatic carbocycles. The maximum Gasteiger partial charge on any atom is 0.270 e. The topological polar surface area (TPSA) is 89.3 Å². The second kappa shape index (κ2) is 6.63. The zero-order chi connectivity index (χ0) is 17.2. The van der Waals surface area contributed by atoms with Crippen molar-refractivity contribution in [2.24, 2.45) is 0 Å². The molecule has 0 fully saturated rings. The molecule has 0 aliphatic heterocycles. The van der Waals surface area contributed by atoms with Gasteiger partial charge in [-0.1, -0.05) is 6.07 Å². The van der Waals surface area contributed by atoms with Gasteiger partial charge in [0.15, 0.2) is 9.84 Å². The van der Waals surface area contributed by atoms with E-state index in [0.29, 0.717) is 10.0 Å². The van der Waals surface area contributed by atoms with Crippen molar-refractivity contribution in [3.63, 3.8) is 0 Å². The lowest BCUT2D eigenvalue weighted by molar-refractivity contribution is -0.385.